The SMILES string of the molecule is CC(C)n1cc(/C=C2\SC(=O)N(CC(N)=O)C2=O)c2ccccc21. The Bertz CT molecular complexity index is 882. The second-order valence-electron chi connectivity index (χ2n) is 5.84. The van der Waals surface area contributed by atoms with Gasteiger partial charge >= 0.3 is 0 Å². The molecule has 24 heavy (non-hydrogen) atoms. The van der Waals surface area contributed by atoms with E-state index < -0.39 is 23.6 Å². The Balaban J connectivity index is 2.03. The molecule has 3 rings (SSSR count). The lowest BCUT2D eigenvalue weighted by Crippen LogP contribution is -2.36. The van der Waals surface area contributed by atoms with Crippen molar-refractivity contribution >= 4 is 45.8 Å². The average Bonchev–Trinajstić information content (AvgIpc) is 3.01. The van der Waals surface area contributed by atoms with Crippen LogP contribution in [0.2, 0.25) is 0 Å². The summed E-state index contributed by atoms with van der Waals surface area (Å²) in [6.45, 7) is 3.77. The molecule has 1 aromatic heterocycles. The molecular formula is C17H17N3O3S. The van der Waals surface area contributed by atoms with Gasteiger partial charge in [-0.05, 0) is 37.8 Å². The molecule has 0 radical (unpaired) electrons. The van der Waals surface area contributed by atoms with Gasteiger partial charge in [0, 0.05) is 28.7 Å². The average molecular weight is 343 g/mol. The van der Waals surface area contributed by atoms with Gasteiger partial charge in [-0.3, -0.25) is 19.3 Å². The van der Waals surface area contributed by atoms with E-state index in [2.05, 4.69) is 18.4 Å². The van der Waals surface area contributed by atoms with Gasteiger partial charge in [0.1, 0.15) is 6.54 Å². The van der Waals surface area contributed by atoms with Crippen molar-refractivity contribution in [2.75, 3.05) is 6.54 Å². The Morgan fingerprint density at radius 2 is 2.00 bits per heavy atom. The minimum atomic E-state index is -0.713. The highest BCUT2D eigenvalue weighted by Crippen LogP contribution is 2.34. The zero-order valence-corrected chi connectivity index (χ0v) is 14.2. The summed E-state index contributed by atoms with van der Waals surface area (Å²) >= 11 is 0.826. The van der Waals surface area contributed by atoms with Gasteiger partial charge < -0.3 is 10.3 Å². The lowest BCUT2D eigenvalue weighted by molar-refractivity contribution is -0.127. The smallest absolute Gasteiger partial charge is 0.294 e. The third-order valence-electron chi connectivity index (χ3n) is 3.80. The number of thioether (sulfide) groups is 1. The third kappa shape index (κ3) is 2.82. The first-order valence-corrected chi connectivity index (χ1v) is 8.33. The highest BCUT2D eigenvalue weighted by atomic mass is 32.2. The van der Waals surface area contributed by atoms with E-state index >= 15 is 0 Å². The fourth-order valence-corrected chi connectivity index (χ4v) is 3.54. The molecule has 1 saturated heterocycles. The molecule has 0 spiro atoms. The van der Waals surface area contributed by atoms with Crippen LogP contribution in [0.1, 0.15) is 25.5 Å². The number of carbonyl (C=O) groups is 3. The third-order valence-corrected chi connectivity index (χ3v) is 4.71. The Morgan fingerprint density at radius 3 is 2.67 bits per heavy atom. The molecule has 0 saturated carbocycles. The van der Waals surface area contributed by atoms with E-state index in [4.69, 9.17) is 5.73 Å². The first-order chi connectivity index (χ1) is 11.4. The molecule has 1 aliphatic rings. The number of nitrogens with zero attached hydrogens (tertiary/aromatic N) is 2. The molecule has 6 nitrogen and oxygen atoms in total. The summed E-state index contributed by atoms with van der Waals surface area (Å²) in [6, 6.07) is 8.16. The number of para-hydroxylation sites is 1. The summed E-state index contributed by atoms with van der Waals surface area (Å²) in [4.78, 5) is 36.4. The molecule has 0 unspecified atom stereocenters. The quantitative estimate of drug-likeness (QED) is 0.865. The van der Waals surface area contributed by atoms with Crippen LogP contribution < -0.4 is 5.73 Å². The lowest BCUT2D eigenvalue weighted by Gasteiger charge is -2.08. The zero-order valence-electron chi connectivity index (χ0n) is 13.4. The van der Waals surface area contributed by atoms with Crippen molar-refractivity contribution in [3.05, 3.63) is 40.9 Å². The van der Waals surface area contributed by atoms with Crippen molar-refractivity contribution in [3.63, 3.8) is 0 Å². The van der Waals surface area contributed by atoms with Gasteiger partial charge in [0.05, 0.1) is 4.91 Å². The monoisotopic (exact) mass is 343 g/mol. The fraction of sp³-hybridized carbons (Fsp3) is 0.235. The predicted molar refractivity (Wildman–Crippen MR) is 94.2 cm³/mol. The second kappa shape index (κ2) is 6.16. The molecule has 124 valence electrons. The van der Waals surface area contributed by atoms with Crippen molar-refractivity contribution in [1.29, 1.82) is 0 Å². The van der Waals surface area contributed by atoms with Crippen LogP contribution in [-0.4, -0.2) is 33.1 Å². The normalized spacial score (nSPS) is 16.8. The lowest BCUT2D eigenvalue weighted by atomic mass is 10.1. The summed E-state index contributed by atoms with van der Waals surface area (Å²) in [7, 11) is 0. The summed E-state index contributed by atoms with van der Waals surface area (Å²) in [5.41, 5.74) is 7.02. The first-order valence-electron chi connectivity index (χ1n) is 7.51. The highest BCUT2D eigenvalue weighted by molar-refractivity contribution is 8.18. The van der Waals surface area contributed by atoms with E-state index in [0.717, 1.165) is 33.1 Å². The number of amides is 3. The van der Waals surface area contributed by atoms with Crippen LogP contribution in [0.3, 0.4) is 0 Å². The molecule has 0 aliphatic carbocycles. The number of aromatic nitrogens is 1. The molecule has 1 aliphatic heterocycles. The molecule has 0 atom stereocenters. The topological polar surface area (TPSA) is 85.4 Å². The van der Waals surface area contributed by atoms with Gasteiger partial charge in [-0.1, -0.05) is 18.2 Å². The summed E-state index contributed by atoms with van der Waals surface area (Å²) < 4.78 is 2.12. The predicted octanol–water partition coefficient (Wildman–Crippen LogP) is 2.74. The fourth-order valence-electron chi connectivity index (χ4n) is 2.71. The van der Waals surface area contributed by atoms with Crippen LogP contribution in [0, 0.1) is 0 Å². The Hall–Kier alpha value is -2.54. The number of hydrogen-bond donors (Lipinski definition) is 1. The highest BCUT2D eigenvalue weighted by Gasteiger charge is 2.36. The summed E-state index contributed by atoms with van der Waals surface area (Å²) in [5, 5.41) is 0.533. The summed E-state index contributed by atoms with van der Waals surface area (Å²) in [6.07, 6.45) is 3.67. The minimum Gasteiger partial charge on any atom is -0.368 e. The maximum absolute atomic E-state index is 12.3. The molecule has 1 fully saturated rings. The number of imide groups is 1. The molecule has 2 aromatic rings. The van der Waals surface area contributed by atoms with Crippen LogP contribution in [-0.2, 0) is 9.59 Å². The van der Waals surface area contributed by atoms with Crippen molar-refractivity contribution in [2.45, 2.75) is 19.9 Å². The largest absolute Gasteiger partial charge is 0.368 e. The Labute approximate surface area is 143 Å². The standard InChI is InChI=1S/C17H17N3O3S/c1-10(2)19-8-11(12-5-3-4-6-13(12)19)7-14-16(22)20(9-15(18)21)17(23)24-14/h3-8,10H,9H2,1-2H3,(H2,18,21)/b14-7-. The van der Waals surface area contributed by atoms with E-state index in [1.165, 1.54) is 0 Å². The molecule has 2 N–H and O–H groups in total. The van der Waals surface area contributed by atoms with Crippen LogP contribution in [0.5, 0.6) is 0 Å². The maximum Gasteiger partial charge on any atom is 0.294 e. The van der Waals surface area contributed by atoms with Gasteiger partial charge in [0.2, 0.25) is 5.91 Å². The van der Waals surface area contributed by atoms with Crippen LogP contribution in [0.25, 0.3) is 17.0 Å². The Kier molecular flexibility index (Phi) is 4.19. The summed E-state index contributed by atoms with van der Waals surface area (Å²) in [5.74, 6) is -1.19. The molecule has 1 aromatic carbocycles. The van der Waals surface area contributed by atoms with E-state index in [0.29, 0.717) is 4.91 Å². The van der Waals surface area contributed by atoms with Crippen LogP contribution in [0.4, 0.5) is 4.79 Å². The van der Waals surface area contributed by atoms with Crippen LogP contribution >= 0.6 is 11.8 Å². The number of rotatable bonds is 4. The molecule has 7 heteroatoms. The van der Waals surface area contributed by atoms with E-state index in [9.17, 15) is 14.4 Å². The van der Waals surface area contributed by atoms with E-state index in [-0.39, 0.29) is 6.04 Å². The van der Waals surface area contributed by atoms with Gasteiger partial charge in [-0.25, -0.2) is 0 Å². The van der Waals surface area contributed by atoms with E-state index in [1.54, 1.807) is 6.08 Å². The number of benzene rings is 1. The van der Waals surface area contributed by atoms with Gasteiger partial charge in [0.25, 0.3) is 11.1 Å². The van der Waals surface area contributed by atoms with Crippen molar-refractivity contribution < 1.29 is 14.4 Å². The minimum absolute atomic E-state index is 0.266. The van der Waals surface area contributed by atoms with Crippen molar-refractivity contribution in [2.24, 2.45) is 5.73 Å². The molecule has 0 bridgehead atoms. The van der Waals surface area contributed by atoms with Gasteiger partial charge in [0.15, 0.2) is 0 Å². The molecule has 2 heterocycles. The molecule has 3 amide bonds. The van der Waals surface area contributed by atoms with Crippen LogP contribution in [0.15, 0.2) is 35.4 Å². The number of primary amides is 1. The van der Waals surface area contributed by atoms with Crippen molar-refractivity contribution in [1.82, 2.24) is 9.47 Å². The number of hydrogen-bond acceptors (Lipinski definition) is 4. The van der Waals surface area contributed by atoms with Gasteiger partial charge in [-0.15, -0.1) is 0 Å². The molecular weight excluding hydrogens is 326 g/mol. The second-order valence-corrected chi connectivity index (χ2v) is 6.83. The Morgan fingerprint density at radius 1 is 1.29 bits per heavy atom. The number of fused-ring (bicyclic) bond motifs is 1. The first kappa shape index (κ1) is 16.3. The zero-order chi connectivity index (χ0) is 17.4. The maximum atomic E-state index is 12.3. The van der Waals surface area contributed by atoms with E-state index in [1.807, 2.05) is 30.5 Å². The number of carbonyl (C=O) groups excluding carboxylic acids is 3. The van der Waals surface area contributed by atoms with Crippen molar-refractivity contribution in [3.8, 4) is 0 Å². The number of nitrogens with two attached hydrogens (primary N) is 1. The van der Waals surface area contributed by atoms with Gasteiger partial charge in [-0.2, -0.15) is 0 Å².